The highest BCUT2D eigenvalue weighted by atomic mass is 35.5. The molecule has 0 saturated heterocycles. The number of hydrogen-bond donors (Lipinski definition) is 3. The Balaban J connectivity index is 2.05. The minimum atomic E-state index is -0.842. The van der Waals surface area contributed by atoms with E-state index in [4.69, 9.17) is 17.3 Å². The summed E-state index contributed by atoms with van der Waals surface area (Å²) in [5.74, 6) is -1.17. The third kappa shape index (κ3) is 3.47. The normalized spacial score (nSPS) is 17.2. The van der Waals surface area contributed by atoms with Crippen LogP contribution in [0.1, 0.15) is 42.5 Å². The lowest BCUT2D eigenvalue weighted by molar-refractivity contribution is -0.150. The summed E-state index contributed by atoms with van der Waals surface area (Å²) >= 11 is 5.89. The molecule has 5 nitrogen and oxygen atoms in total. The molecule has 0 radical (unpaired) electrons. The fraction of sp³-hybridized carbons (Fsp3) is 0.467. The SMILES string of the molecule is Nc1ccc(C(=O)NCC2(C(=O)O)CCCCC2)cc1Cl. The fourth-order valence-electron chi connectivity index (χ4n) is 2.71. The molecular formula is C15H19ClN2O3. The molecule has 0 bridgehead atoms. The zero-order chi connectivity index (χ0) is 15.5. The van der Waals surface area contributed by atoms with E-state index in [0.29, 0.717) is 29.1 Å². The number of anilines is 1. The van der Waals surface area contributed by atoms with Crippen molar-refractivity contribution in [1.29, 1.82) is 0 Å². The number of nitrogens with one attached hydrogen (secondary N) is 1. The molecule has 2 rings (SSSR count). The zero-order valence-electron chi connectivity index (χ0n) is 11.7. The van der Waals surface area contributed by atoms with Gasteiger partial charge in [-0.25, -0.2) is 0 Å². The maximum atomic E-state index is 12.1. The van der Waals surface area contributed by atoms with Gasteiger partial charge in [0.25, 0.3) is 5.91 Å². The van der Waals surface area contributed by atoms with Crippen LogP contribution in [0.4, 0.5) is 5.69 Å². The van der Waals surface area contributed by atoms with Crippen molar-refractivity contribution in [3.05, 3.63) is 28.8 Å². The number of carboxylic acid groups (broad SMARTS) is 1. The summed E-state index contributed by atoms with van der Waals surface area (Å²) in [6.45, 7) is 0.142. The van der Waals surface area contributed by atoms with E-state index in [1.54, 1.807) is 12.1 Å². The van der Waals surface area contributed by atoms with E-state index in [9.17, 15) is 14.7 Å². The van der Waals surface area contributed by atoms with Crippen molar-refractivity contribution in [2.75, 3.05) is 12.3 Å². The van der Waals surface area contributed by atoms with Crippen LogP contribution in [0.25, 0.3) is 0 Å². The van der Waals surface area contributed by atoms with Crippen molar-refractivity contribution in [3.8, 4) is 0 Å². The summed E-state index contributed by atoms with van der Waals surface area (Å²) in [7, 11) is 0. The largest absolute Gasteiger partial charge is 0.481 e. The number of rotatable bonds is 4. The van der Waals surface area contributed by atoms with E-state index in [1.165, 1.54) is 6.07 Å². The van der Waals surface area contributed by atoms with Gasteiger partial charge in [0, 0.05) is 12.1 Å². The molecule has 0 aromatic heterocycles. The van der Waals surface area contributed by atoms with Crippen molar-refractivity contribution in [2.45, 2.75) is 32.1 Å². The Morgan fingerprint density at radius 2 is 1.95 bits per heavy atom. The minimum Gasteiger partial charge on any atom is -0.481 e. The van der Waals surface area contributed by atoms with Crippen LogP contribution >= 0.6 is 11.6 Å². The van der Waals surface area contributed by atoms with Crippen molar-refractivity contribution in [2.24, 2.45) is 5.41 Å². The molecule has 0 atom stereocenters. The summed E-state index contributed by atoms with van der Waals surface area (Å²) in [6.07, 6.45) is 4.03. The maximum absolute atomic E-state index is 12.1. The molecule has 1 aliphatic rings. The number of nitrogen functional groups attached to an aromatic ring is 1. The van der Waals surface area contributed by atoms with Crippen LogP contribution in [-0.2, 0) is 4.79 Å². The second-order valence-electron chi connectivity index (χ2n) is 5.57. The zero-order valence-corrected chi connectivity index (χ0v) is 12.4. The number of nitrogens with two attached hydrogens (primary N) is 1. The van der Waals surface area contributed by atoms with Gasteiger partial charge < -0.3 is 16.2 Å². The molecule has 1 saturated carbocycles. The van der Waals surface area contributed by atoms with E-state index in [0.717, 1.165) is 19.3 Å². The summed E-state index contributed by atoms with van der Waals surface area (Å²) in [5.41, 5.74) is 5.54. The van der Waals surface area contributed by atoms with Crippen LogP contribution in [0.5, 0.6) is 0 Å². The van der Waals surface area contributed by atoms with Crippen molar-refractivity contribution in [3.63, 3.8) is 0 Å². The second kappa shape index (κ2) is 6.35. The van der Waals surface area contributed by atoms with Gasteiger partial charge in [-0.15, -0.1) is 0 Å². The molecule has 4 N–H and O–H groups in total. The number of aliphatic carboxylic acids is 1. The standard InChI is InChI=1S/C15H19ClN2O3/c16-11-8-10(4-5-12(11)17)13(19)18-9-15(14(20)21)6-2-1-3-7-15/h4-5,8H,1-3,6-7,9,17H2,(H,18,19)(H,20,21). The Morgan fingerprint density at radius 1 is 1.29 bits per heavy atom. The topological polar surface area (TPSA) is 92.4 Å². The number of carbonyl (C=O) groups excluding carboxylic acids is 1. The number of halogens is 1. The first-order valence-corrected chi connectivity index (χ1v) is 7.39. The smallest absolute Gasteiger partial charge is 0.311 e. The molecule has 1 amide bonds. The Hall–Kier alpha value is -1.75. The number of carbonyl (C=O) groups is 2. The summed E-state index contributed by atoms with van der Waals surface area (Å²) in [4.78, 5) is 23.6. The molecule has 1 aromatic rings. The highest BCUT2D eigenvalue weighted by molar-refractivity contribution is 6.33. The number of benzene rings is 1. The summed E-state index contributed by atoms with van der Waals surface area (Å²) in [6, 6.07) is 4.62. The molecule has 1 aromatic carbocycles. The molecule has 1 fully saturated rings. The Labute approximate surface area is 128 Å². The lowest BCUT2D eigenvalue weighted by Gasteiger charge is -2.33. The molecular weight excluding hydrogens is 292 g/mol. The molecule has 0 unspecified atom stereocenters. The van der Waals surface area contributed by atoms with Crippen molar-refractivity contribution in [1.82, 2.24) is 5.32 Å². The van der Waals surface area contributed by atoms with Crippen LogP contribution in [0.15, 0.2) is 18.2 Å². The predicted octanol–water partition coefficient (Wildman–Crippen LogP) is 2.69. The van der Waals surface area contributed by atoms with Gasteiger partial charge in [0.05, 0.1) is 16.1 Å². The molecule has 114 valence electrons. The first kappa shape index (κ1) is 15.6. The number of amides is 1. The highest BCUT2D eigenvalue weighted by Gasteiger charge is 2.39. The molecule has 0 aliphatic heterocycles. The van der Waals surface area contributed by atoms with E-state index < -0.39 is 11.4 Å². The van der Waals surface area contributed by atoms with Crippen molar-refractivity contribution >= 4 is 29.2 Å². The Morgan fingerprint density at radius 3 is 2.52 bits per heavy atom. The van der Waals surface area contributed by atoms with Gasteiger partial charge in [-0.05, 0) is 31.0 Å². The average molecular weight is 311 g/mol. The van der Waals surface area contributed by atoms with E-state index >= 15 is 0 Å². The lowest BCUT2D eigenvalue weighted by atomic mass is 9.74. The molecule has 0 spiro atoms. The minimum absolute atomic E-state index is 0.142. The Bertz CT molecular complexity index is 554. The van der Waals surface area contributed by atoms with E-state index in [2.05, 4.69) is 5.32 Å². The van der Waals surface area contributed by atoms with Gasteiger partial charge in [-0.3, -0.25) is 9.59 Å². The third-order valence-electron chi connectivity index (χ3n) is 4.11. The molecule has 21 heavy (non-hydrogen) atoms. The fourth-order valence-corrected chi connectivity index (χ4v) is 2.90. The van der Waals surface area contributed by atoms with Gasteiger partial charge >= 0.3 is 5.97 Å². The quantitative estimate of drug-likeness (QED) is 0.745. The average Bonchev–Trinajstić information content (AvgIpc) is 2.48. The van der Waals surface area contributed by atoms with Gasteiger partial charge in [0.1, 0.15) is 0 Å². The maximum Gasteiger partial charge on any atom is 0.311 e. The number of carboxylic acids is 1. The number of hydrogen-bond acceptors (Lipinski definition) is 3. The first-order valence-electron chi connectivity index (χ1n) is 7.01. The van der Waals surface area contributed by atoms with Crippen LogP contribution in [0, 0.1) is 5.41 Å². The van der Waals surface area contributed by atoms with Crippen molar-refractivity contribution < 1.29 is 14.7 Å². The summed E-state index contributed by atoms with van der Waals surface area (Å²) < 4.78 is 0. The van der Waals surface area contributed by atoms with Gasteiger partial charge in [0.2, 0.25) is 0 Å². The van der Waals surface area contributed by atoms with Crippen LogP contribution in [0.3, 0.4) is 0 Å². The highest BCUT2D eigenvalue weighted by Crippen LogP contribution is 2.36. The first-order chi connectivity index (χ1) is 9.94. The van der Waals surface area contributed by atoms with Gasteiger partial charge in [0.15, 0.2) is 0 Å². The molecule has 6 heteroatoms. The predicted molar refractivity (Wildman–Crippen MR) is 81.4 cm³/mol. The third-order valence-corrected chi connectivity index (χ3v) is 4.44. The summed E-state index contributed by atoms with van der Waals surface area (Å²) in [5, 5.41) is 12.5. The van der Waals surface area contributed by atoms with Gasteiger partial charge in [-0.2, -0.15) is 0 Å². The second-order valence-corrected chi connectivity index (χ2v) is 5.97. The van der Waals surface area contributed by atoms with Crippen LogP contribution < -0.4 is 11.1 Å². The monoisotopic (exact) mass is 310 g/mol. The van der Waals surface area contributed by atoms with Crippen LogP contribution in [-0.4, -0.2) is 23.5 Å². The van der Waals surface area contributed by atoms with E-state index in [1.807, 2.05) is 0 Å². The Kier molecular flexibility index (Phi) is 4.73. The molecule has 1 aliphatic carbocycles. The lowest BCUT2D eigenvalue weighted by Crippen LogP contribution is -2.44. The van der Waals surface area contributed by atoms with Gasteiger partial charge in [-0.1, -0.05) is 30.9 Å². The van der Waals surface area contributed by atoms with E-state index in [-0.39, 0.29) is 12.5 Å². The molecule has 0 heterocycles. The van der Waals surface area contributed by atoms with Crippen LogP contribution in [0.2, 0.25) is 5.02 Å².